The van der Waals surface area contributed by atoms with Gasteiger partial charge in [-0.05, 0) is 6.42 Å². The number of aliphatic hydroxyl groups is 1. The van der Waals surface area contributed by atoms with Crippen LogP contribution >= 0.6 is 0 Å². The molecule has 0 rings (SSSR count). The minimum atomic E-state index is 0. The van der Waals surface area contributed by atoms with Crippen LogP contribution in [0.2, 0.25) is 0 Å². The van der Waals surface area contributed by atoms with Crippen LogP contribution in [-0.4, -0.2) is 11.7 Å². The van der Waals surface area contributed by atoms with E-state index in [0.717, 1.165) is 6.42 Å². The summed E-state index contributed by atoms with van der Waals surface area (Å²) in [6, 6.07) is 0. The van der Waals surface area contributed by atoms with E-state index in [2.05, 4.69) is 0 Å². The molecule has 0 aliphatic rings. The van der Waals surface area contributed by atoms with Gasteiger partial charge in [0.2, 0.25) is 0 Å². The summed E-state index contributed by atoms with van der Waals surface area (Å²) < 4.78 is 0. The van der Waals surface area contributed by atoms with Crippen LogP contribution in [0.4, 0.5) is 0 Å². The van der Waals surface area contributed by atoms with Crippen molar-refractivity contribution in [2.75, 3.05) is 6.61 Å². The van der Waals surface area contributed by atoms with Crippen LogP contribution in [0.1, 0.15) is 13.3 Å². The van der Waals surface area contributed by atoms with Gasteiger partial charge in [-0.2, -0.15) is 0 Å². The van der Waals surface area contributed by atoms with Gasteiger partial charge in [-0.15, -0.1) is 0 Å². The van der Waals surface area contributed by atoms with E-state index in [9.17, 15) is 0 Å². The fourth-order valence-electron chi connectivity index (χ4n) is 0. The van der Waals surface area contributed by atoms with Crippen molar-refractivity contribution < 1.29 is 45.9 Å². The minimum Gasteiger partial charge on any atom is -0.396 e. The van der Waals surface area contributed by atoms with Gasteiger partial charge in [0.25, 0.3) is 0 Å². The van der Waals surface area contributed by atoms with Crippen LogP contribution in [0, 0.1) is 40.8 Å². The third kappa shape index (κ3) is 10.9. The Labute approximate surface area is 65.3 Å². The van der Waals surface area contributed by atoms with Crippen molar-refractivity contribution in [3.05, 3.63) is 0 Å². The predicted octanol–water partition coefficient (Wildman–Crippen LogP) is 0.389. The molecule has 1 nitrogen and oxygen atoms in total. The van der Waals surface area contributed by atoms with Gasteiger partial charge in [-0.1, -0.05) is 6.92 Å². The summed E-state index contributed by atoms with van der Waals surface area (Å²) in [6.45, 7) is 2.25. The molecule has 0 atom stereocenters. The molecule has 0 radical (unpaired) electrons. The maximum absolute atomic E-state index is 7.88. The second-order valence-corrected chi connectivity index (χ2v) is 0.724. The van der Waals surface area contributed by atoms with Gasteiger partial charge in [0, 0.05) is 47.4 Å². The molecule has 0 aliphatic carbocycles. The molecule has 0 aromatic rings. The maximum Gasteiger partial charge on any atom is 0.0428 e. The molecule has 0 amide bonds. The maximum atomic E-state index is 7.88. The standard InChI is InChI=1S/C3H8O.Nd/c1-2-3-4;/h4H,2-3H2,1H3;. The van der Waals surface area contributed by atoms with E-state index in [1.54, 1.807) is 0 Å². The fourth-order valence-corrected chi connectivity index (χ4v) is 0. The van der Waals surface area contributed by atoms with E-state index >= 15 is 0 Å². The van der Waals surface area contributed by atoms with E-state index in [0.29, 0.717) is 6.61 Å². The normalized spacial score (nSPS) is 6.00. The van der Waals surface area contributed by atoms with Crippen LogP contribution in [0.15, 0.2) is 0 Å². The van der Waals surface area contributed by atoms with E-state index in [1.807, 2.05) is 6.92 Å². The van der Waals surface area contributed by atoms with Crippen molar-refractivity contribution in [2.45, 2.75) is 13.3 Å². The molecule has 0 aromatic heterocycles. The number of aliphatic hydroxyl groups excluding tert-OH is 1. The second kappa shape index (κ2) is 9.00. The van der Waals surface area contributed by atoms with Gasteiger partial charge in [-0.3, -0.25) is 0 Å². The van der Waals surface area contributed by atoms with E-state index in [-0.39, 0.29) is 40.8 Å². The van der Waals surface area contributed by atoms with Crippen molar-refractivity contribution in [1.82, 2.24) is 0 Å². The largest absolute Gasteiger partial charge is 0.396 e. The van der Waals surface area contributed by atoms with Gasteiger partial charge >= 0.3 is 0 Å². The van der Waals surface area contributed by atoms with Gasteiger partial charge in [0.1, 0.15) is 0 Å². The average Bonchev–Trinajstić information content (AvgIpc) is 1.37. The van der Waals surface area contributed by atoms with Gasteiger partial charge in [0.05, 0.1) is 0 Å². The van der Waals surface area contributed by atoms with Crippen molar-refractivity contribution >= 4 is 0 Å². The van der Waals surface area contributed by atoms with Crippen molar-refractivity contribution in [3.8, 4) is 0 Å². The molecule has 0 spiro atoms. The second-order valence-electron chi connectivity index (χ2n) is 0.724. The Morgan fingerprint density at radius 2 is 1.80 bits per heavy atom. The molecule has 0 heterocycles. The Balaban J connectivity index is 0. The van der Waals surface area contributed by atoms with E-state index < -0.39 is 0 Å². The molecule has 0 saturated heterocycles. The quantitative estimate of drug-likeness (QED) is 0.655. The minimum absolute atomic E-state index is 0. The van der Waals surface area contributed by atoms with Crippen molar-refractivity contribution in [3.63, 3.8) is 0 Å². The summed E-state index contributed by atoms with van der Waals surface area (Å²) in [5.74, 6) is 0. The van der Waals surface area contributed by atoms with Crippen LogP contribution in [-0.2, 0) is 0 Å². The Morgan fingerprint density at radius 1 is 1.60 bits per heavy atom. The van der Waals surface area contributed by atoms with E-state index in [4.69, 9.17) is 5.11 Å². The Kier molecular flexibility index (Phi) is 17.2. The molecule has 0 aliphatic heterocycles. The third-order valence-electron chi connectivity index (χ3n) is 0.224. The summed E-state index contributed by atoms with van der Waals surface area (Å²) in [7, 11) is 0. The van der Waals surface area contributed by atoms with Gasteiger partial charge < -0.3 is 5.11 Å². The zero-order valence-electron chi connectivity index (χ0n) is 3.36. The molecule has 1 N–H and O–H groups in total. The Bertz CT molecular complexity index is 8.85. The topological polar surface area (TPSA) is 20.2 Å². The fraction of sp³-hybridized carbons (Fsp3) is 1.00. The molecule has 0 aromatic carbocycles. The first kappa shape index (κ1) is 9.58. The molecule has 0 saturated carbocycles. The summed E-state index contributed by atoms with van der Waals surface area (Å²) in [4.78, 5) is 0. The Hall–Kier alpha value is 1.31. The smallest absolute Gasteiger partial charge is 0.0428 e. The molecule has 5 heavy (non-hydrogen) atoms. The summed E-state index contributed by atoms with van der Waals surface area (Å²) in [5.41, 5.74) is 0. The van der Waals surface area contributed by atoms with Gasteiger partial charge in [0.15, 0.2) is 0 Å². The summed E-state index contributed by atoms with van der Waals surface area (Å²) in [6.07, 6.45) is 0.875. The Morgan fingerprint density at radius 3 is 1.80 bits per heavy atom. The summed E-state index contributed by atoms with van der Waals surface area (Å²) in [5, 5.41) is 7.88. The first-order valence-corrected chi connectivity index (χ1v) is 1.52. The van der Waals surface area contributed by atoms with Crippen LogP contribution in [0.25, 0.3) is 0 Å². The average molecular weight is 204 g/mol. The number of rotatable bonds is 1. The predicted molar refractivity (Wildman–Crippen MR) is 17.4 cm³/mol. The molecular weight excluding hydrogens is 196 g/mol. The van der Waals surface area contributed by atoms with Crippen LogP contribution < -0.4 is 0 Å². The zero-order chi connectivity index (χ0) is 3.41. The first-order valence-electron chi connectivity index (χ1n) is 1.52. The number of hydrogen-bond acceptors (Lipinski definition) is 1. The van der Waals surface area contributed by atoms with Crippen LogP contribution in [0.3, 0.4) is 0 Å². The first-order chi connectivity index (χ1) is 1.91. The summed E-state index contributed by atoms with van der Waals surface area (Å²) >= 11 is 0. The SMILES string of the molecule is CCCO.[Nd]. The number of hydrogen-bond donors (Lipinski definition) is 1. The molecule has 30 valence electrons. The van der Waals surface area contributed by atoms with E-state index in [1.165, 1.54) is 0 Å². The molecule has 0 unspecified atom stereocenters. The molecule has 2 heteroatoms. The van der Waals surface area contributed by atoms with Crippen LogP contribution in [0.5, 0.6) is 0 Å². The van der Waals surface area contributed by atoms with Crippen molar-refractivity contribution in [2.24, 2.45) is 0 Å². The monoisotopic (exact) mass is 202 g/mol. The zero-order valence-corrected chi connectivity index (χ0v) is 6.57. The van der Waals surface area contributed by atoms with Gasteiger partial charge in [-0.25, -0.2) is 0 Å². The molecule has 0 fully saturated rings. The van der Waals surface area contributed by atoms with Crippen molar-refractivity contribution in [1.29, 1.82) is 0 Å². The molecule has 0 bridgehead atoms. The third-order valence-corrected chi connectivity index (χ3v) is 0.224. The molecular formula is C3H8NdO.